The van der Waals surface area contributed by atoms with Crippen molar-refractivity contribution in [3.63, 3.8) is 0 Å². The fourth-order valence-electron chi connectivity index (χ4n) is 4.96. The number of methoxy groups -OCH3 is 2. The number of carbonyl (C=O) groups excluding carboxylic acids is 1. The van der Waals surface area contributed by atoms with Crippen LogP contribution in [0, 0.1) is 11.8 Å². The highest BCUT2D eigenvalue weighted by atomic mass is 32.2. The lowest BCUT2D eigenvalue weighted by molar-refractivity contribution is 0.0987. The van der Waals surface area contributed by atoms with E-state index in [0.717, 1.165) is 16.7 Å². The van der Waals surface area contributed by atoms with E-state index in [1.54, 1.807) is 36.9 Å². The Morgan fingerprint density at radius 2 is 1.61 bits per heavy atom. The van der Waals surface area contributed by atoms with E-state index in [1.807, 2.05) is 30.3 Å². The van der Waals surface area contributed by atoms with Crippen LogP contribution in [0.1, 0.15) is 36.2 Å². The number of aromatic nitrogens is 1. The Balaban J connectivity index is 1.46. The monoisotopic (exact) mass is 592 g/mol. The maximum atomic E-state index is 13.8. The molecular formula is C30H32N4O5S2. The lowest BCUT2D eigenvalue weighted by Gasteiger charge is -2.34. The SMILES string of the molecule is COc1ccc(/C=N/N(C(=O)c2ccc(S(=O)(=O)N3CC(C)CC(C)C3)cc2)c2nc3ccc(OC)cc3s2)cc1. The minimum atomic E-state index is -3.67. The summed E-state index contributed by atoms with van der Waals surface area (Å²) in [4.78, 5) is 18.6. The molecule has 0 bridgehead atoms. The summed E-state index contributed by atoms with van der Waals surface area (Å²) in [6, 6.07) is 18.8. The molecule has 0 N–H and O–H groups in total. The molecule has 214 valence electrons. The lowest BCUT2D eigenvalue weighted by atomic mass is 9.94. The number of sulfonamides is 1. The molecule has 2 unspecified atom stereocenters. The Morgan fingerprint density at radius 3 is 2.24 bits per heavy atom. The molecular weight excluding hydrogens is 560 g/mol. The van der Waals surface area contributed by atoms with Crippen LogP contribution in [-0.4, -0.2) is 57.1 Å². The molecule has 4 aromatic rings. The first-order valence-corrected chi connectivity index (χ1v) is 15.5. The van der Waals surface area contributed by atoms with Gasteiger partial charge in [0.2, 0.25) is 15.2 Å². The second-order valence-electron chi connectivity index (χ2n) is 10.3. The molecule has 1 aromatic heterocycles. The van der Waals surface area contributed by atoms with Crippen molar-refractivity contribution in [1.82, 2.24) is 9.29 Å². The van der Waals surface area contributed by atoms with Gasteiger partial charge in [-0.1, -0.05) is 25.2 Å². The van der Waals surface area contributed by atoms with Gasteiger partial charge in [-0.15, -0.1) is 0 Å². The Hall–Kier alpha value is -3.80. The van der Waals surface area contributed by atoms with Crippen LogP contribution >= 0.6 is 11.3 Å². The zero-order valence-electron chi connectivity index (χ0n) is 23.4. The first kappa shape index (κ1) is 28.7. The van der Waals surface area contributed by atoms with Gasteiger partial charge >= 0.3 is 0 Å². The summed E-state index contributed by atoms with van der Waals surface area (Å²) in [7, 11) is -0.488. The molecule has 1 aliphatic rings. The van der Waals surface area contributed by atoms with Gasteiger partial charge in [0.25, 0.3) is 5.91 Å². The van der Waals surface area contributed by atoms with Gasteiger partial charge in [0, 0.05) is 18.7 Å². The summed E-state index contributed by atoms with van der Waals surface area (Å²) < 4.78 is 39.6. The van der Waals surface area contributed by atoms with E-state index in [1.165, 1.54) is 40.6 Å². The molecule has 1 amide bonds. The lowest BCUT2D eigenvalue weighted by Crippen LogP contribution is -2.42. The number of rotatable bonds is 8. The predicted octanol–water partition coefficient (Wildman–Crippen LogP) is 5.66. The average molecular weight is 593 g/mol. The number of carbonyl (C=O) groups is 1. The molecule has 0 spiro atoms. The fraction of sp³-hybridized carbons (Fsp3) is 0.300. The molecule has 0 aliphatic carbocycles. The van der Waals surface area contributed by atoms with Gasteiger partial charge in [-0.25, -0.2) is 13.4 Å². The Morgan fingerprint density at radius 1 is 0.976 bits per heavy atom. The zero-order valence-corrected chi connectivity index (χ0v) is 25.0. The van der Waals surface area contributed by atoms with Gasteiger partial charge in [-0.05, 0) is 90.6 Å². The Labute approximate surface area is 244 Å². The molecule has 1 saturated heterocycles. The number of thiazole rings is 1. The van der Waals surface area contributed by atoms with Crippen molar-refractivity contribution in [1.29, 1.82) is 0 Å². The molecule has 5 rings (SSSR count). The largest absolute Gasteiger partial charge is 0.497 e. The third kappa shape index (κ3) is 6.27. The van der Waals surface area contributed by atoms with E-state index in [0.29, 0.717) is 47.1 Å². The van der Waals surface area contributed by atoms with E-state index < -0.39 is 15.9 Å². The van der Waals surface area contributed by atoms with E-state index in [-0.39, 0.29) is 10.5 Å². The average Bonchev–Trinajstić information content (AvgIpc) is 3.40. The van der Waals surface area contributed by atoms with Gasteiger partial charge < -0.3 is 9.47 Å². The standard InChI is InChI=1S/C30H32N4O5S2/c1-20-15-21(2)19-33(18-20)41(36,37)26-12-7-23(8-13-26)29(35)34(31-17-22-5-9-24(38-3)10-6-22)30-32-27-14-11-25(39-4)16-28(27)40-30/h5-14,16-17,20-21H,15,18-19H2,1-4H3/b31-17+. The fourth-order valence-corrected chi connectivity index (χ4v) is 7.59. The van der Waals surface area contributed by atoms with Gasteiger partial charge in [-0.2, -0.15) is 14.4 Å². The van der Waals surface area contributed by atoms with E-state index in [9.17, 15) is 13.2 Å². The van der Waals surface area contributed by atoms with Crippen LogP contribution in [-0.2, 0) is 10.0 Å². The van der Waals surface area contributed by atoms with Crippen LogP contribution in [0.4, 0.5) is 5.13 Å². The van der Waals surface area contributed by atoms with Crippen LogP contribution in [0.5, 0.6) is 11.5 Å². The maximum absolute atomic E-state index is 13.8. The van der Waals surface area contributed by atoms with Crippen LogP contribution in [0.3, 0.4) is 0 Å². The number of nitrogens with zero attached hydrogens (tertiary/aromatic N) is 4. The molecule has 0 radical (unpaired) electrons. The number of piperidine rings is 1. The number of ether oxygens (including phenoxy) is 2. The molecule has 1 aliphatic heterocycles. The normalized spacial score (nSPS) is 18.0. The highest BCUT2D eigenvalue weighted by molar-refractivity contribution is 7.89. The van der Waals surface area contributed by atoms with Crippen molar-refractivity contribution >= 4 is 48.8 Å². The topological polar surface area (TPSA) is 101 Å². The number of amides is 1. The number of hydrogen-bond donors (Lipinski definition) is 0. The van der Waals surface area contributed by atoms with Crippen molar-refractivity contribution in [2.24, 2.45) is 16.9 Å². The number of hydrazone groups is 1. The zero-order chi connectivity index (χ0) is 29.1. The highest BCUT2D eigenvalue weighted by Crippen LogP contribution is 2.33. The number of anilines is 1. The summed E-state index contributed by atoms with van der Waals surface area (Å²) in [5, 5.41) is 6.11. The highest BCUT2D eigenvalue weighted by Gasteiger charge is 2.32. The van der Waals surface area contributed by atoms with Crippen LogP contribution in [0.15, 0.2) is 76.7 Å². The molecule has 2 heterocycles. The summed E-state index contributed by atoms with van der Waals surface area (Å²) in [5.41, 5.74) is 1.75. The summed E-state index contributed by atoms with van der Waals surface area (Å²) in [6.45, 7) is 5.12. The summed E-state index contributed by atoms with van der Waals surface area (Å²) >= 11 is 1.30. The molecule has 0 saturated carbocycles. The van der Waals surface area contributed by atoms with Crippen molar-refractivity contribution < 1.29 is 22.7 Å². The number of hydrogen-bond acceptors (Lipinski definition) is 8. The summed E-state index contributed by atoms with van der Waals surface area (Å²) in [5.74, 6) is 1.53. The molecule has 11 heteroatoms. The van der Waals surface area contributed by atoms with Gasteiger partial charge in [-0.3, -0.25) is 4.79 Å². The third-order valence-electron chi connectivity index (χ3n) is 6.97. The Bertz CT molecular complexity index is 1660. The van der Waals surface area contributed by atoms with E-state index >= 15 is 0 Å². The third-order valence-corrected chi connectivity index (χ3v) is 9.81. The van der Waals surface area contributed by atoms with Crippen LogP contribution in [0.2, 0.25) is 0 Å². The van der Waals surface area contributed by atoms with Gasteiger partial charge in [0.1, 0.15) is 11.5 Å². The quantitative estimate of drug-likeness (QED) is 0.193. The minimum Gasteiger partial charge on any atom is -0.497 e. The first-order valence-electron chi connectivity index (χ1n) is 13.2. The minimum absolute atomic E-state index is 0.163. The van der Waals surface area contributed by atoms with Crippen LogP contribution in [0.25, 0.3) is 10.2 Å². The number of benzene rings is 3. The van der Waals surface area contributed by atoms with E-state index in [2.05, 4.69) is 23.9 Å². The van der Waals surface area contributed by atoms with Crippen molar-refractivity contribution in [3.8, 4) is 11.5 Å². The maximum Gasteiger partial charge on any atom is 0.280 e. The van der Waals surface area contributed by atoms with Crippen molar-refractivity contribution in [2.75, 3.05) is 32.3 Å². The van der Waals surface area contributed by atoms with E-state index in [4.69, 9.17) is 9.47 Å². The van der Waals surface area contributed by atoms with Gasteiger partial charge in [0.15, 0.2) is 0 Å². The second kappa shape index (κ2) is 12.0. The van der Waals surface area contributed by atoms with Crippen molar-refractivity contribution in [3.05, 3.63) is 77.9 Å². The molecule has 41 heavy (non-hydrogen) atoms. The smallest absolute Gasteiger partial charge is 0.280 e. The first-order chi connectivity index (χ1) is 19.7. The molecule has 9 nitrogen and oxygen atoms in total. The van der Waals surface area contributed by atoms with Crippen molar-refractivity contribution in [2.45, 2.75) is 25.2 Å². The Kier molecular flexibility index (Phi) is 8.39. The summed E-state index contributed by atoms with van der Waals surface area (Å²) in [6.07, 6.45) is 2.58. The second-order valence-corrected chi connectivity index (χ2v) is 13.2. The van der Waals surface area contributed by atoms with Crippen LogP contribution < -0.4 is 14.5 Å². The molecule has 3 aromatic carbocycles. The molecule has 2 atom stereocenters. The molecule has 1 fully saturated rings. The van der Waals surface area contributed by atoms with Gasteiger partial charge in [0.05, 0.1) is 35.5 Å². The predicted molar refractivity (Wildman–Crippen MR) is 162 cm³/mol. The number of fused-ring (bicyclic) bond motifs is 1.